The second-order valence-corrected chi connectivity index (χ2v) is 4.39. The average molecular weight is 223 g/mol. The van der Waals surface area contributed by atoms with Crippen molar-refractivity contribution >= 4 is 17.5 Å². The maximum atomic E-state index is 12.0. The van der Waals surface area contributed by atoms with Crippen LogP contribution < -0.4 is 5.32 Å². The average Bonchev–Trinajstić information content (AvgIpc) is 2.54. The minimum Gasteiger partial charge on any atom is -0.329 e. The van der Waals surface area contributed by atoms with Crippen molar-refractivity contribution in [3.8, 4) is 0 Å². The molecule has 4 heteroatoms. The van der Waals surface area contributed by atoms with Crippen LogP contribution in [-0.4, -0.2) is 30.4 Å². The quantitative estimate of drug-likeness (QED) is 0.721. The number of halogens is 1. The summed E-state index contributed by atoms with van der Waals surface area (Å²) in [6, 6.07) is 5.80. The van der Waals surface area contributed by atoms with Crippen molar-refractivity contribution in [2.75, 3.05) is 19.6 Å². The van der Waals surface area contributed by atoms with E-state index < -0.39 is 0 Å². The first-order chi connectivity index (χ1) is 7.27. The molecule has 0 spiro atoms. The SMILES string of the molecule is O=C1c2cc(Cl)ccc2C2CNCCN12. The van der Waals surface area contributed by atoms with Gasteiger partial charge in [-0.1, -0.05) is 17.7 Å². The molecular formula is C11H11ClN2O. The number of piperazine rings is 1. The molecule has 1 atom stereocenters. The molecule has 1 fully saturated rings. The third-order valence-corrected chi connectivity index (χ3v) is 3.34. The van der Waals surface area contributed by atoms with E-state index in [1.165, 1.54) is 0 Å². The lowest BCUT2D eigenvalue weighted by Gasteiger charge is -2.30. The van der Waals surface area contributed by atoms with E-state index in [2.05, 4.69) is 5.32 Å². The number of benzene rings is 1. The first kappa shape index (κ1) is 9.19. The monoisotopic (exact) mass is 222 g/mol. The van der Waals surface area contributed by atoms with Gasteiger partial charge in [0, 0.05) is 30.2 Å². The van der Waals surface area contributed by atoms with Crippen molar-refractivity contribution in [3.63, 3.8) is 0 Å². The van der Waals surface area contributed by atoms with Gasteiger partial charge in [-0.3, -0.25) is 4.79 Å². The number of nitrogens with one attached hydrogen (secondary N) is 1. The molecule has 0 bridgehead atoms. The zero-order valence-electron chi connectivity index (χ0n) is 8.16. The van der Waals surface area contributed by atoms with Crippen LogP contribution in [0.3, 0.4) is 0 Å². The molecule has 78 valence electrons. The highest BCUT2D eigenvalue weighted by molar-refractivity contribution is 6.31. The van der Waals surface area contributed by atoms with Crippen LogP contribution in [-0.2, 0) is 0 Å². The molecule has 1 aromatic rings. The van der Waals surface area contributed by atoms with E-state index in [4.69, 9.17) is 11.6 Å². The van der Waals surface area contributed by atoms with Gasteiger partial charge in [0.05, 0.1) is 6.04 Å². The van der Waals surface area contributed by atoms with Crippen molar-refractivity contribution in [3.05, 3.63) is 34.3 Å². The second-order valence-electron chi connectivity index (χ2n) is 3.95. The minimum atomic E-state index is 0.124. The van der Waals surface area contributed by atoms with Gasteiger partial charge >= 0.3 is 0 Å². The maximum absolute atomic E-state index is 12.0. The van der Waals surface area contributed by atoms with E-state index in [1.54, 1.807) is 6.07 Å². The molecule has 0 aliphatic carbocycles. The third kappa shape index (κ3) is 1.27. The number of rotatable bonds is 0. The Morgan fingerprint density at radius 1 is 1.47 bits per heavy atom. The number of nitrogens with zero attached hydrogens (tertiary/aromatic N) is 1. The van der Waals surface area contributed by atoms with Gasteiger partial charge in [0.2, 0.25) is 0 Å². The molecule has 2 heterocycles. The van der Waals surface area contributed by atoms with Crippen LogP contribution in [0.5, 0.6) is 0 Å². The Bertz CT molecular complexity index is 433. The van der Waals surface area contributed by atoms with E-state index >= 15 is 0 Å². The van der Waals surface area contributed by atoms with E-state index in [-0.39, 0.29) is 11.9 Å². The molecule has 1 unspecified atom stereocenters. The Labute approximate surface area is 93.0 Å². The van der Waals surface area contributed by atoms with Crippen LogP contribution in [0.4, 0.5) is 0 Å². The largest absolute Gasteiger partial charge is 0.329 e. The van der Waals surface area contributed by atoms with Crippen LogP contribution in [0.2, 0.25) is 5.02 Å². The zero-order valence-corrected chi connectivity index (χ0v) is 8.92. The summed E-state index contributed by atoms with van der Waals surface area (Å²) in [5, 5.41) is 3.94. The molecule has 3 rings (SSSR count). The minimum absolute atomic E-state index is 0.124. The number of fused-ring (bicyclic) bond motifs is 3. The molecule has 2 aliphatic rings. The molecule has 0 saturated carbocycles. The second kappa shape index (κ2) is 3.22. The van der Waals surface area contributed by atoms with Crippen LogP contribution in [0.15, 0.2) is 18.2 Å². The highest BCUT2D eigenvalue weighted by Crippen LogP contribution is 2.35. The first-order valence-electron chi connectivity index (χ1n) is 5.08. The fraction of sp³-hybridized carbons (Fsp3) is 0.364. The summed E-state index contributed by atoms with van der Waals surface area (Å²) in [4.78, 5) is 14.0. The summed E-state index contributed by atoms with van der Waals surface area (Å²) in [6.45, 7) is 2.51. The number of hydrogen-bond donors (Lipinski definition) is 1. The molecule has 15 heavy (non-hydrogen) atoms. The molecule has 1 aromatic carbocycles. The molecule has 1 amide bonds. The van der Waals surface area contributed by atoms with Crippen molar-refractivity contribution in [2.45, 2.75) is 6.04 Å². The smallest absolute Gasteiger partial charge is 0.254 e. The molecule has 1 N–H and O–H groups in total. The summed E-state index contributed by atoms with van der Waals surface area (Å²) in [5.41, 5.74) is 1.88. The zero-order chi connectivity index (χ0) is 10.4. The van der Waals surface area contributed by atoms with Gasteiger partial charge in [0.1, 0.15) is 0 Å². The lowest BCUT2D eigenvalue weighted by Crippen LogP contribution is -2.44. The number of carbonyl (C=O) groups excluding carboxylic acids is 1. The van der Waals surface area contributed by atoms with Crippen molar-refractivity contribution in [1.82, 2.24) is 10.2 Å². The van der Waals surface area contributed by atoms with Crippen LogP contribution >= 0.6 is 11.6 Å². The highest BCUT2D eigenvalue weighted by atomic mass is 35.5. The maximum Gasteiger partial charge on any atom is 0.254 e. The highest BCUT2D eigenvalue weighted by Gasteiger charge is 2.37. The Kier molecular flexibility index (Phi) is 1.97. The summed E-state index contributed by atoms with van der Waals surface area (Å²) >= 11 is 5.90. The van der Waals surface area contributed by atoms with Crippen molar-refractivity contribution in [1.29, 1.82) is 0 Å². The van der Waals surface area contributed by atoms with Gasteiger partial charge < -0.3 is 10.2 Å². The summed E-state index contributed by atoms with van der Waals surface area (Å²) in [6.07, 6.45) is 0. The standard InChI is InChI=1S/C11H11ClN2O/c12-7-1-2-8-9(5-7)11(15)14-4-3-13-6-10(8)14/h1-2,5,10,13H,3-4,6H2. The van der Waals surface area contributed by atoms with Gasteiger partial charge in [-0.25, -0.2) is 0 Å². The lowest BCUT2D eigenvalue weighted by atomic mass is 10.0. The Hall–Kier alpha value is -1.06. The summed E-state index contributed by atoms with van der Waals surface area (Å²) in [5.74, 6) is 0.124. The predicted octanol–water partition coefficient (Wildman–Crippen LogP) is 1.44. The van der Waals surface area contributed by atoms with Gasteiger partial charge in [-0.05, 0) is 17.7 Å². The van der Waals surface area contributed by atoms with E-state index in [0.29, 0.717) is 5.02 Å². The van der Waals surface area contributed by atoms with Gasteiger partial charge in [0.15, 0.2) is 0 Å². The first-order valence-corrected chi connectivity index (χ1v) is 5.46. The fourth-order valence-electron chi connectivity index (χ4n) is 2.38. The molecule has 1 saturated heterocycles. The summed E-state index contributed by atoms with van der Waals surface area (Å²) in [7, 11) is 0. The molecule has 2 aliphatic heterocycles. The third-order valence-electron chi connectivity index (χ3n) is 3.11. The topological polar surface area (TPSA) is 32.3 Å². The summed E-state index contributed by atoms with van der Waals surface area (Å²) < 4.78 is 0. The Morgan fingerprint density at radius 2 is 2.33 bits per heavy atom. The Morgan fingerprint density at radius 3 is 3.20 bits per heavy atom. The normalized spacial score (nSPS) is 23.9. The molecular weight excluding hydrogens is 212 g/mol. The van der Waals surface area contributed by atoms with Crippen molar-refractivity contribution in [2.24, 2.45) is 0 Å². The van der Waals surface area contributed by atoms with Gasteiger partial charge in [0.25, 0.3) is 5.91 Å². The number of carbonyl (C=O) groups is 1. The fourth-order valence-corrected chi connectivity index (χ4v) is 2.56. The number of amides is 1. The Balaban J connectivity index is 2.11. The molecule has 0 aromatic heterocycles. The van der Waals surface area contributed by atoms with Gasteiger partial charge in [-0.2, -0.15) is 0 Å². The molecule has 0 radical (unpaired) electrons. The van der Waals surface area contributed by atoms with Crippen LogP contribution in [0.1, 0.15) is 22.0 Å². The van der Waals surface area contributed by atoms with Gasteiger partial charge in [-0.15, -0.1) is 0 Å². The van der Waals surface area contributed by atoms with Crippen LogP contribution in [0.25, 0.3) is 0 Å². The van der Waals surface area contributed by atoms with Crippen LogP contribution in [0, 0.1) is 0 Å². The lowest BCUT2D eigenvalue weighted by molar-refractivity contribution is 0.0691. The predicted molar refractivity (Wildman–Crippen MR) is 58.1 cm³/mol. The number of hydrogen-bond acceptors (Lipinski definition) is 2. The van der Waals surface area contributed by atoms with Crippen molar-refractivity contribution < 1.29 is 4.79 Å². The van der Waals surface area contributed by atoms with E-state index in [1.807, 2.05) is 17.0 Å². The molecule has 3 nitrogen and oxygen atoms in total. The van der Waals surface area contributed by atoms with E-state index in [9.17, 15) is 4.79 Å². The van der Waals surface area contributed by atoms with E-state index in [0.717, 1.165) is 30.8 Å².